The van der Waals surface area contributed by atoms with Gasteiger partial charge in [0.2, 0.25) is 5.91 Å². The van der Waals surface area contributed by atoms with E-state index in [1.54, 1.807) is 43.4 Å². The van der Waals surface area contributed by atoms with Gasteiger partial charge in [0, 0.05) is 31.1 Å². The molecule has 2 heterocycles. The summed E-state index contributed by atoms with van der Waals surface area (Å²) in [6.45, 7) is 0.947. The Morgan fingerprint density at radius 3 is 2.52 bits per heavy atom. The highest BCUT2D eigenvalue weighted by molar-refractivity contribution is 7.12. The summed E-state index contributed by atoms with van der Waals surface area (Å²) in [6.07, 6.45) is 0. The minimum Gasteiger partial charge on any atom is -0.493 e. The first kappa shape index (κ1) is 22.8. The van der Waals surface area contributed by atoms with Crippen molar-refractivity contribution >= 4 is 23.2 Å². The lowest BCUT2D eigenvalue weighted by Crippen LogP contribution is -2.35. The average molecular weight is 469 g/mol. The molecule has 6 nitrogen and oxygen atoms in total. The van der Waals surface area contributed by atoms with Gasteiger partial charge in [-0.15, -0.1) is 11.3 Å². The predicted octanol–water partition coefficient (Wildman–Crippen LogP) is 4.08. The Balaban J connectivity index is 1.60. The van der Waals surface area contributed by atoms with Crippen LogP contribution in [0.2, 0.25) is 0 Å². The number of carbonyl (C=O) groups excluding carboxylic acids is 2. The smallest absolute Gasteiger partial charge is 0.263 e. The summed E-state index contributed by atoms with van der Waals surface area (Å²) in [4.78, 5) is 28.7. The van der Waals surface area contributed by atoms with E-state index in [-0.39, 0.29) is 36.6 Å². The molecule has 1 aliphatic rings. The molecule has 3 aromatic rings. The number of carbonyl (C=O) groups is 2. The molecule has 4 rings (SSSR count). The number of para-hydroxylation sites is 1. The Kier molecular flexibility index (Phi) is 6.93. The molecule has 1 fully saturated rings. The number of ether oxygens (including phenoxy) is 2. The van der Waals surface area contributed by atoms with E-state index in [2.05, 4.69) is 5.32 Å². The Hall–Kier alpha value is -3.39. The van der Waals surface area contributed by atoms with Crippen molar-refractivity contribution in [1.29, 1.82) is 0 Å². The summed E-state index contributed by atoms with van der Waals surface area (Å²) < 4.78 is 24.3. The zero-order chi connectivity index (χ0) is 23.4. The third kappa shape index (κ3) is 4.85. The van der Waals surface area contributed by atoms with E-state index in [0.29, 0.717) is 22.9 Å². The largest absolute Gasteiger partial charge is 0.493 e. The highest BCUT2D eigenvalue weighted by Crippen LogP contribution is 2.42. The van der Waals surface area contributed by atoms with Crippen LogP contribution in [0, 0.1) is 11.7 Å². The number of benzene rings is 2. The van der Waals surface area contributed by atoms with Crippen molar-refractivity contribution in [3.8, 4) is 11.5 Å². The molecule has 8 heteroatoms. The molecule has 2 aromatic carbocycles. The van der Waals surface area contributed by atoms with Crippen molar-refractivity contribution in [3.63, 3.8) is 0 Å². The highest BCUT2D eigenvalue weighted by Gasteiger charge is 2.42. The van der Waals surface area contributed by atoms with Gasteiger partial charge in [0.1, 0.15) is 5.82 Å². The molecule has 1 N–H and O–H groups in total. The van der Waals surface area contributed by atoms with E-state index in [9.17, 15) is 14.0 Å². The minimum atomic E-state index is -0.477. The number of hydrogen-bond acceptors (Lipinski definition) is 5. The van der Waals surface area contributed by atoms with Gasteiger partial charge in [0.25, 0.3) is 5.91 Å². The average Bonchev–Trinajstić information content (AvgIpc) is 3.53. The van der Waals surface area contributed by atoms with Gasteiger partial charge < -0.3 is 19.7 Å². The number of amides is 2. The third-order valence-electron chi connectivity index (χ3n) is 5.89. The zero-order valence-corrected chi connectivity index (χ0v) is 19.2. The lowest BCUT2D eigenvalue weighted by molar-refractivity contribution is -0.125. The number of likely N-dealkylation sites (tertiary alicyclic amines) is 1. The molecule has 1 aliphatic heterocycles. The zero-order valence-electron chi connectivity index (χ0n) is 18.4. The van der Waals surface area contributed by atoms with Gasteiger partial charge in [0.05, 0.1) is 25.0 Å². The first-order valence-corrected chi connectivity index (χ1v) is 11.5. The first-order chi connectivity index (χ1) is 16.0. The van der Waals surface area contributed by atoms with Crippen molar-refractivity contribution < 1.29 is 23.5 Å². The molecule has 172 valence electrons. The summed E-state index contributed by atoms with van der Waals surface area (Å²) in [5, 5.41) is 4.81. The van der Waals surface area contributed by atoms with Gasteiger partial charge in [-0.25, -0.2) is 4.39 Å². The molecule has 0 spiro atoms. The Morgan fingerprint density at radius 1 is 1.06 bits per heavy atom. The van der Waals surface area contributed by atoms with Crippen molar-refractivity contribution in [2.24, 2.45) is 5.92 Å². The molecule has 1 aromatic heterocycles. The lowest BCUT2D eigenvalue weighted by Gasteiger charge is -2.21. The summed E-state index contributed by atoms with van der Waals surface area (Å²) in [5.41, 5.74) is 1.62. The number of nitrogens with one attached hydrogen (secondary N) is 1. The maximum absolute atomic E-state index is 13.3. The maximum atomic E-state index is 13.3. The number of rotatable bonds is 7. The van der Waals surface area contributed by atoms with Gasteiger partial charge in [-0.3, -0.25) is 9.59 Å². The molecule has 33 heavy (non-hydrogen) atoms. The van der Waals surface area contributed by atoms with Crippen LogP contribution in [-0.2, 0) is 11.3 Å². The van der Waals surface area contributed by atoms with Crippen LogP contribution in [-0.4, -0.2) is 44.0 Å². The SMILES string of the molecule is COc1cccc(C2CN(C(=O)c3cccs3)CC2C(=O)NCc2ccc(F)cc2)c1OC. The molecule has 0 aliphatic carbocycles. The fourth-order valence-corrected chi connectivity index (χ4v) is 4.92. The molecule has 0 saturated carbocycles. The minimum absolute atomic E-state index is 0.0919. The quantitative estimate of drug-likeness (QED) is 0.568. The summed E-state index contributed by atoms with van der Waals surface area (Å²) in [5.74, 6) is -0.201. The number of thiophene rings is 1. The van der Waals surface area contributed by atoms with E-state index in [1.807, 2.05) is 23.6 Å². The van der Waals surface area contributed by atoms with Crippen molar-refractivity contribution in [3.05, 3.63) is 81.8 Å². The van der Waals surface area contributed by atoms with Crippen molar-refractivity contribution in [2.45, 2.75) is 12.5 Å². The molecule has 0 bridgehead atoms. The molecular weight excluding hydrogens is 443 g/mol. The first-order valence-electron chi connectivity index (χ1n) is 10.6. The van der Waals surface area contributed by atoms with E-state index < -0.39 is 5.92 Å². The Bertz CT molecular complexity index is 1120. The van der Waals surface area contributed by atoms with Crippen LogP contribution in [0.15, 0.2) is 60.0 Å². The second kappa shape index (κ2) is 10.0. The topological polar surface area (TPSA) is 67.9 Å². The van der Waals surface area contributed by atoms with Gasteiger partial charge >= 0.3 is 0 Å². The van der Waals surface area contributed by atoms with Crippen LogP contribution in [0.5, 0.6) is 11.5 Å². The Labute approximate surface area is 195 Å². The predicted molar refractivity (Wildman–Crippen MR) is 124 cm³/mol. The van der Waals surface area contributed by atoms with E-state index >= 15 is 0 Å². The third-order valence-corrected chi connectivity index (χ3v) is 6.75. The highest BCUT2D eigenvalue weighted by atomic mass is 32.1. The van der Waals surface area contributed by atoms with E-state index in [4.69, 9.17) is 9.47 Å². The van der Waals surface area contributed by atoms with Crippen LogP contribution >= 0.6 is 11.3 Å². The summed E-state index contributed by atoms with van der Waals surface area (Å²) in [6, 6.07) is 15.2. The normalized spacial score (nSPS) is 17.6. The maximum Gasteiger partial charge on any atom is 0.263 e. The summed E-state index contributed by atoms with van der Waals surface area (Å²) >= 11 is 1.38. The number of nitrogens with zero attached hydrogens (tertiary/aromatic N) is 1. The number of methoxy groups -OCH3 is 2. The molecule has 0 radical (unpaired) electrons. The molecule has 2 amide bonds. The second-order valence-corrected chi connectivity index (χ2v) is 8.78. The van der Waals surface area contributed by atoms with Crippen LogP contribution in [0.1, 0.15) is 26.7 Å². The van der Waals surface area contributed by atoms with Crippen LogP contribution < -0.4 is 14.8 Å². The van der Waals surface area contributed by atoms with Gasteiger partial charge in [-0.2, -0.15) is 0 Å². The fourth-order valence-electron chi connectivity index (χ4n) is 4.23. The number of hydrogen-bond donors (Lipinski definition) is 1. The fraction of sp³-hybridized carbons (Fsp3) is 0.280. The number of halogens is 1. The molecule has 1 saturated heterocycles. The van der Waals surface area contributed by atoms with Crippen LogP contribution in [0.25, 0.3) is 0 Å². The lowest BCUT2D eigenvalue weighted by atomic mass is 9.87. The van der Waals surface area contributed by atoms with Crippen molar-refractivity contribution in [2.75, 3.05) is 27.3 Å². The van der Waals surface area contributed by atoms with Crippen LogP contribution in [0.4, 0.5) is 4.39 Å². The summed E-state index contributed by atoms with van der Waals surface area (Å²) in [7, 11) is 3.13. The Morgan fingerprint density at radius 2 is 1.85 bits per heavy atom. The van der Waals surface area contributed by atoms with E-state index in [1.165, 1.54) is 23.5 Å². The molecular formula is C25H25FN2O4S. The van der Waals surface area contributed by atoms with Gasteiger partial charge in [-0.05, 0) is 35.2 Å². The van der Waals surface area contributed by atoms with Crippen molar-refractivity contribution in [1.82, 2.24) is 10.2 Å². The van der Waals surface area contributed by atoms with Gasteiger partial charge in [-0.1, -0.05) is 30.3 Å². The molecule has 2 atom stereocenters. The monoisotopic (exact) mass is 468 g/mol. The van der Waals surface area contributed by atoms with E-state index in [0.717, 1.165) is 11.1 Å². The molecule has 2 unspecified atom stereocenters. The van der Waals surface area contributed by atoms with Gasteiger partial charge in [0.15, 0.2) is 11.5 Å². The standard InChI is InChI=1S/C25H25FN2O4S/c1-31-21-6-3-5-18(23(21)32-2)19-14-28(25(30)22-7-4-12-33-22)15-20(19)24(29)27-13-16-8-10-17(26)11-9-16/h3-12,19-20H,13-15H2,1-2H3,(H,27,29). The second-order valence-electron chi connectivity index (χ2n) is 7.83. The van der Waals surface area contributed by atoms with Crippen LogP contribution in [0.3, 0.4) is 0 Å².